The van der Waals surface area contributed by atoms with Crippen molar-refractivity contribution in [3.8, 4) is 0 Å². The maximum Gasteiger partial charge on any atom is 0.0352 e. The second-order valence-corrected chi connectivity index (χ2v) is 9.92. The molecular weight excluding hydrogens is 436 g/mol. The van der Waals surface area contributed by atoms with Crippen LogP contribution in [0.5, 0.6) is 0 Å². The van der Waals surface area contributed by atoms with Gasteiger partial charge < -0.3 is 20.4 Å². The molecule has 0 aromatic heterocycles. The molecule has 0 aliphatic heterocycles. The van der Waals surface area contributed by atoms with E-state index in [1.54, 1.807) is 6.08 Å². The molecule has 0 aliphatic carbocycles. The summed E-state index contributed by atoms with van der Waals surface area (Å²) < 4.78 is 0. The van der Waals surface area contributed by atoms with Crippen LogP contribution in [-0.2, 0) is 0 Å². The predicted molar refractivity (Wildman–Crippen MR) is 156 cm³/mol. The van der Waals surface area contributed by atoms with E-state index in [-0.39, 0.29) is 0 Å². The molecule has 1 aromatic carbocycles. The summed E-state index contributed by atoms with van der Waals surface area (Å²) in [7, 11) is 8.24. The van der Waals surface area contributed by atoms with Crippen molar-refractivity contribution in [2.24, 2.45) is 5.92 Å². The molecule has 0 fully saturated rings. The van der Waals surface area contributed by atoms with Gasteiger partial charge in [0.05, 0.1) is 0 Å². The molecule has 0 saturated heterocycles. The zero-order chi connectivity index (χ0) is 25.9. The van der Waals surface area contributed by atoms with Crippen LogP contribution in [0.2, 0.25) is 0 Å². The largest absolute Gasteiger partial charge is 0.384 e. The monoisotopic (exact) mass is 484 g/mol. The highest BCUT2D eigenvalue weighted by molar-refractivity contribution is 7.99. The zero-order valence-corrected chi connectivity index (χ0v) is 23.3. The summed E-state index contributed by atoms with van der Waals surface area (Å²) in [5.74, 6) is 1.92. The van der Waals surface area contributed by atoms with E-state index in [9.17, 15) is 0 Å². The number of allylic oxidation sites excluding steroid dienone is 3. The van der Waals surface area contributed by atoms with E-state index in [4.69, 9.17) is 0 Å². The first-order valence-electron chi connectivity index (χ1n) is 12.0. The molecule has 0 saturated carbocycles. The van der Waals surface area contributed by atoms with Crippen molar-refractivity contribution >= 4 is 17.5 Å². The Balaban J connectivity index is 0.000000686. The van der Waals surface area contributed by atoms with Crippen molar-refractivity contribution in [2.75, 3.05) is 60.1 Å². The summed E-state index contributed by atoms with van der Waals surface area (Å²) in [5.41, 5.74) is 4.02. The normalized spacial score (nSPS) is 11.6. The van der Waals surface area contributed by atoms with Crippen molar-refractivity contribution in [1.82, 2.24) is 20.4 Å². The Morgan fingerprint density at radius 1 is 1.00 bits per heavy atom. The number of nitrogens with zero attached hydrogens (tertiary/aromatic N) is 2. The lowest BCUT2D eigenvalue weighted by molar-refractivity contribution is 0.408. The molecule has 1 aromatic rings. The van der Waals surface area contributed by atoms with Crippen LogP contribution < -0.4 is 10.6 Å². The SMILES string of the molecule is C=C(NCCN(C)C)c1ccccc1SCC(C)CC.C=C/C=C\C(=C)C(=C)NCCN(C)C. The summed E-state index contributed by atoms with van der Waals surface area (Å²) in [6.45, 7) is 23.9. The van der Waals surface area contributed by atoms with E-state index in [1.165, 1.54) is 22.6 Å². The van der Waals surface area contributed by atoms with E-state index in [1.807, 2.05) is 38.0 Å². The van der Waals surface area contributed by atoms with Crippen LogP contribution in [-0.4, -0.2) is 69.9 Å². The van der Waals surface area contributed by atoms with Gasteiger partial charge in [-0.05, 0) is 45.7 Å². The fourth-order valence-corrected chi connectivity index (χ4v) is 3.77. The van der Waals surface area contributed by atoms with Crippen molar-refractivity contribution < 1.29 is 0 Å². The van der Waals surface area contributed by atoms with Crippen LogP contribution in [0.4, 0.5) is 0 Å². The number of hydrogen-bond acceptors (Lipinski definition) is 5. The quantitative estimate of drug-likeness (QED) is 0.225. The molecular formula is C29H48N4S. The van der Waals surface area contributed by atoms with Crippen LogP contribution in [0.15, 0.2) is 85.0 Å². The molecule has 0 aliphatic rings. The van der Waals surface area contributed by atoms with E-state index >= 15 is 0 Å². The minimum Gasteiger partial charge on any atom is -0.384 e. The minimum atomic E-state index is 0.753. The standard InChI is InChI=1S/C17H28N2S.C12H20N2/c1-6-14(2)13-20-17-10-8-7-9-16(17)15(3)18-11-12-19(4)5;1-6-7-8-11(2)12(3)13-9-10-14(4)5/h7-10,14,18H,3,6,11-13H2,1-2,4-5H3;6-8,13H,1-3,9-10H2,4-5H3/b;8-7-. The average Bonchev–Trinajstić information content (AvgIpc) is 2.80. The lowest BCUT2D eigenvalue weighted by atomic mass is 10.1. The first-order chi connectivity index (χ1) is 16.1. The van der Waals surface area contributed by atoms with E-state index in [2.05, 4.69) is 99.0 Å². The highest BCUT2D eigenvalue weighted by atomic mass is 32.2. The number of likely N-dealkylation sites (N-methyl/N-ethyl adjacent to an activating group) is 2. The van der Waals surface area contributed by atoms with Gasteiger partial charge in [0.2, 0.25) is 0 Å². The van der Waals surface area contributed by atoms with Crippen LogP contribution in [0.1, 0.15) is 25.8 Å². The summed E-state index contributed by atoms with van der Waals surface area (Å²) in [4.78, 5) is 5.61. The maximum atomic E-state index is 4.19. The molecule has 2 N–H and O–H groups in total. The molecule has 4 nitrogen and oxygen atoms in total. The highest BCUT2D eigenvalue weighted by Gasteiger charge is 2.08. The molecule has 0 spiro atoms. The molecule has 1 atom stereocenters. The van der Waals surface area contributed by atoms with Crippen molar-refractivity contribution in [3.05, 3.63) is 85.6 Å². The fourth-order valence-electron chi connectivity index (χ4n) is 2.55. The van der Waals surface area contributed by atoms with Gasteiger partial charge in [-0.25, -0.2) is 0 Å². The Bertz CT molecular complexity index is 780. The lowest BCUT2D eigenvalue weighted by Gasteiger charge is -2.16. The van der Waals surface area contributed by atoms with Crippen LogP contribution in [0, 0.1) is 5.92 Å². The Morgan fingerprint density at radius 3 is 2.15 bits per heavy atom. The molecule has 0 heterocycles. The van der Waals surface area contributed by atoms with Crippen molar-refractivity contribution in [3.63, 3.8) is 0 Å². The fraction of sp³-hybridized carbons (Fsp3) is 0.448. The topological polar surface area (TPSA) is 30.5 Å². The second kappa shape index (κ2) is 19.1. The first-order valence-corrected chi connectivity index (χ1v) is 13.0. The smallest absolute Gasteiger partial charge is 0.0352 e. The Hall–Kier alpha value is -2.21. The minimum absolute atomic E-state index is 0.753. The Morgan fingerprint density at radius 2 is 1.59 bits per heavy atom. The van der Waals surface area contributed by atoms with Crippen LogP contribution in [0.25, 0.3) is 5.70 Å². The molecule has 0 radical (unpaired) electrons. The van der Waals surface area contributed by atoms with Crippen LogP contribution >= 0.6 is 11.8 Å². The number of hydrogen-bond donors (Lipinski definition) is 2. The van der Waals surface area contributed by atoms with Crippen molar-refractivity contribution in [2.45, 2.75) is 25.2 Å². The third-order valence-electron chi connectivity index (χ3n) is 5.05. The van der Waals surface area contributed by atoms with Gasteiger partial charge >= 0.3 is 0 Å². The first kappa shape index (κ1) is 31.8. The van der Waals surface area contributed by atoms with Gasteiger partial charge in [0.1, 0.15) is 0 Å². The zero-order valence-electron chi connectivity index (χ0n) is 22.5. The molecule has 5 heteroatoms. The maximum absolute atomic E-state index is 4.19. The molecule has 1 rings (SSSR count). The Kier molecular flexibility index (Phi) is 17.9. The summed E-state index contributed by atoms with van der Waals surface area (Å²) >= 11 is 1.94. The number of benzene rings is 1. The second-order valence-electron chi connectivity index (χ2n) is 8.86. The van der Waals surface area contributed by atoms with Crippen molar-refractivity contribution in [1.29, 1.82) is 0 Å². The molecule has 1 unspecified atom stereocenters. The number of thioether (sulfide) groups is 1. The summed E-state index contributed by atoms with van der Waals surface area (Å²) in [6, 6.07) is 8.54. The van der Waals surface area contributed by atoms with E-state index in [0.29, 0.717) is 0 Å². The van der Waals surface area contributed by atoms with E-state index < -0.39 is 0 Å². The van der Waals surface area contributed by atoms with Gasteiger partial charge in [0.15, 0.2) is 0 Å². The predicted octanol–water partition coefficient (Wildman–Crippen LogP) is 5.90. The Labute approximate surface area is 214 Å². The average molecular weight is 485 g/mol. The molecule has 190 valence electrons. The van der Waals surface area contributed by atoms with Crippen LogP contribution in [0.3, 0.4) is 0 Å². The third-order valence-corrected chi connectivity index (χ3v) is 6.45. The third kappa shape index (κ3) is 15.6. The van der Waals surface area contributed by atoms with Gasteiger partial charge in [-0.15, -0.1) is 11.8 Å². The van der Waals surface area contributed by atoms with Gasteiger partial charge in [0, 0.05) is 53.8 Å². The lowest BCUT2D eigenvalue weighted by Crippen LogP contribution is -2.26. The van der Waals surface area contributed by atoms with Gasteiger partial charge in [-0.2, -0.15) is 0 Å². The molecule has 0 amide bonds. The number of rotatable bonds is 16. The number of nitrogens with one attached hydrogen (secondary N) is 2. The molecule has 0 bridgehead atoms. The van der Waals surface area contributed by atoms with Gasteiger partial charge in [-0.1, -0.05) is 83.0 Å². The van der Waals surface area contributed by atoms with Gasteiger partial charge in [0.25, 0.3) is 0 Å². The highest BCUT2D eigenvalue weighted by Crippen LogP contribution is 2.28. The molecule has 34 heavy (non-hydrogen) atoms. The van der Waals surface area contributed by atoms with E-state index in [0.717, 1.165) is 49.1 Å². The van der Waals surface area contributed by atoms with Gasteiger partial charge in [-0.3, -0.25) is 0 Å². The summed E-state index contributed by atoms with van der Waals surface area (Å²) in [5, 5.41) is 6.62. The summed E-state index contributed by atoms with van der Waals surface area (Å²) in [6.07, 6.45) is 6.69.